The van der Waals surface area contributed by atoms with E-state index in [-0.39, 0.29) is 0 Å². The molecule has 1 rings (SSSR count). The van der Waals surface area contributed by atoms with Crippen molar-refractivity contribution in [2.75, 3.05) is 0 Å². The molecule has 0 amide bonds. The lowest BCUT2D eigenvalue weighted by atomic mass is 11.8. The molecule has 2 unspecified atom stereocenters. The minimum Gasteiger partial charge on any atom is -0.319 e. The van der Waals surface area contributed by atoms with Crippen molar-refractivity contribution in [3.05, 3.63) is 0 Å². The van der Waals surface area contributed by atoms with Crippen LogP contribution in [0.2, 0.25) is 0 Å². The lowest BCUT2D eigenvalue weighted by Crippen LogP contribution is -1.77. The summed E-state index contributed by atoms with van der Waals surface area (Å²) in [7, 11) is -15.7. The van der Waals surface area contributed by atoms with E-state index >= 15 is 0 Å². The van der Waals surface area contributed by atoms with Gasteiger partial charge in [0.05, 0.1) is 0 Å². The minimum atomic E-state index is -5.57. The van der Waals surface area contributed by atoms with Gasteiger partial charge in [0.15, 0.2) is 0 Å². The van der Waals surface area contributed by atoms with Crippen molar-refractivity contribution in [3.8, 4) is 0 Å². The first-order valence-electron chi connectivity index (χ1n) is 2.57. The zero-order chi connectivity index (χ0) is 10.3. The summed E-state index contributed by atoms with van der Waals surface area (Å²) in [6, 6.07) is -0.611. The van der Waals surface area contributed by atoms with Gasteiger partial charge in [0.25, 0.3) is 0 Å². The topological polar surface area (TPSA) is 74.4 Å². The Kier molecular flexibility index (Phi) is 2.58. The molecule has 0 fully saturated rings. The smallest absolute Gasteiger partial charge is 0.319 e. The summed E-state index contributed by atoms with van der Waals surface area (Å²) in [6.45, 7) is 0. The number of hydrogen-bond acceptors (Lipinski definition) is 4. The third-order valence-corrected chi connectivity index (χ3v) is 6.65. The van der Waals surface area contributed by atoms with Crippen molar-refractivity contribution in [2.24, 2.45) is 13.5 Å². The summed E-state index contributed by atoms with van der Waals surface area (Å²) in [6.07, 6.45) is 0. The van der Waals surface area contributed by atoms with Crippen LogP contribution < -0.4 is 0 Å². The molecule has 1 heterocycles. The third kappa shape index (κ3) is 2.74. The first-order chi connectivity index (χ1) is 5.68. The van der Waals surface area contributed by atoms with Crippen LogP contribution in [-0.2, 0) is 4.79 Å². The highest BCUT2D eigenvalue weighted by Crippen LogP contribution is 2.78. The van der Waals surface area contributed by atoms with E-state index in [2.05, 4.69) is 9.03 Å². The molecule has 1 N–H and O–H groups in total. The van der Waals surface area contributed by atoms with E-state index in [9.17, 15) is 21.6 Å². The molecule has 0 aromatic heterocycles. The van der Waals surface area contributed by atoms with Gasteiger partial charge in [-0.05, 0) is 0 Å². The van der Waals surface area contributed by atoms with Crippen LogP contribution in [0.25, 0.3) is 0 Å². The first kappa shape index (κ1) is 11.1. The van der Waals surface area contributed by atoms with Crippen LogP contribution in [0, 0.1) is 0 Å². The molecule has 0 radical (unpaired) electrons. The third-order valence-electron chi connectivity index (χ3n) is 0.828. The molecule has 0 saturated heterocycles. The maximum atomic E-state index is 12.8. The monoisotopic (exact) mass is 257 g/mol. The Labute approximate surface area is 70.1 Å². The van der Waals surface area contributed by atoms with Gasteiger partial charge in [0.1, 0.15) is 0 Å². The molecular formula is CH2F4N3O2P3. The predicted molar refractivity (Wildman–Crippen MR) is 41.4 cm³/mol. The van der Waals surface area contributed by atoms with E-state index in [0.29, 0.717) is 0 Å². The Balaban J connectivity index is 3.53. The second-order valence-electron chi connectivity index (χ2n) is 1.89. The number of rotatable bonds is 1. The van der Waals surface area contributed by atoms with Gasteiger partial charge < -0.3 is 4.89 Å². The molecule has 1 aliphatic rings. The number of hydrogen-bond donors (Lipinski definition) is 1. The molecule has 0 aromatic carbocycles. The summed E-state index contributed by atoms with van der Waals surface area (Å²) >= 11 is 0. The van der Waals surface area contributed by atoms with Gasteiger partial charge in [0, 0.05) is 0 Å². The zero-order valence-electron chi connectivity index (χ0n) is 5.63. The van der Waals surface area contributed by atoms with Crippen LogP contribution in [0.5, 0.6) is 0 Å². The highest BCUT2D eigenvalue weighted by molar-refractivity contribution is 7.86. The Bertz CT molecular complexity index is 395. The molecule has 0 aliphatic carbocycles. The van der Waals surface area contributed by atoms with Gasteiger partial charge >= 0.3 is 23.1 Å². The quantitative estimate of drug-likeness (QED) is 0.438. The number of nitrogens with zero attached hydrogens (tertiary/aromatic N) is 3. The van der Waals surface area contributed by atoms with Crippen molar-refractivity contribution >= 4 is 29.1 Å². The normalized spacial score (nSPS) is 42.5. The van der Waals surface area contributed by atoms with E-state index in [1.54, 1.807) is 0 Å². The van der Waals surface area contributed by atoms with Crippen LogP contribution in [0.4, 0.5) is 16.8 Å². The van der Waals surface area contributed by atoms with E-state index in [0.717, 1.165) is 0 Å². The molecule has 0 bridgehead atoms. The van der Waals surface area contributed by atoms with E-state index < -0.39 is 29.1 Å². The minimum absolute atomic E-state index is 0.611. The first-order valence-corrected chi connectivity index (χ1v) is 7.24. The fourth-order valence-electron chi connectivity index (χ4n) is 0.543. The Morgan fingerprint density at radius 2 is 1.62 bits per heavy atom. The largest absolute Gasteiger partial charge is 0.423 e. The Morgan fingerprint density at radius 3 is 2.00 bits per heavy atom. The fraction of sp³-hybridized carbons (Fsp3) is 0. The second-order valence-corrected chi connectivity index (χ2v) is 7.29. The number of carbonyl (C=O) groups excluding carboxylic acids is 1. The molecule has 12 heteroatoms. The van der Waals surface area contributed by atoms with Crippen LogP contribution >= 0.6 is 23.1 Å². The summed E-state index contributed by atoms with van der Waals surface area (Å²) in [5.74, 6) is 0. The summed E-state index contributed by atoms with van der Waals surface area (Å²) in [5.41, 5.74) is 0. The fourth-order valence-corrected chi connectivity index (χ4v) is 5.86. The molecule has 13 heavy (non-hydrogen) atoms. The number of halogens is 4. The van der Waals surface area contributed by atoms with Gasteiger partial charge in [-0.15, -0.1) is 17.4 Å². The number of carbonyl (C=O) groups is 1. The lowest BCUT2D eigenvalue weighted by molar-refractivity contribution is 0.550. The van der Waals surface area contributed by atoms with Crippen LogP contribution in [0.3, 0.4) is 0 Å². The molecule has 0 spiro atoms. The average Bonchev–Trinajstić information content (AvgIpc) is 1.79. The van der Waals surface area contributed by atoms with Crippen molar-refractivity contribution < 1.29 is 26.5 Å². The van der Waals surface area contributed by atoms with Crippen LogP contribution in [0.1, 0.15) is 0 Å². The highest BCUT2D eigenvalue weighted by Gasteiger charge is 2.37. The van der Waals surface area contributed by atoms with Crippen LogP contribution in [-0.4, -0.2) is 10.9 Å². The lowest BCUT2D eigenvalue weighted by Gasteiger charge is -2.12. The van der Waals surface area contributed by atoms with Crippen LogP contribution in [0.15, 0.2) is 13.5 Å². The maximum Gasteiger partial charge on any atom is 0.423 e. The van der Waals surface area contributed by atoms with Gasteiger partial charge in [0.2, 0.25) is 6.03 Å². The molecule has 76 valence electrons. The molecule has 0 aromatic rings. The van der Waals surface area contributed by atoms with Gasteiger partial charge in [-0.3, -0.25) is 4.79 Å². The Hall–Kier alpha value is 0.0400. The van der Waals surface area contributed by atoms with Crippen molar-refractivity contribution in [2.45, 2.75) is 0 Å². The average molecular weight is 257 g/mol. The van der Waals surface area contributed by atoms with E-state index in [4.69, 9.17) is 4.89 Å². The van der Waals surface area contributed by atoms with E-state index in [1.165, 1.54) is 0 Å². The highest BCUT2D eigenvalue weighted by atomic mass is 31.3. The standard InChI is InChI=1S/CH2F4N3O2P3/c2-11(1-9)6-12(3,4)8-13(5,10)7-11/h1,10H. The molecule has 1 aliphatic heterocycles. The molecule has 0 saturated carbocycles. The maximum absolute atomic E-state index is 12.8. The van der Waals surface area contributed by atoms with Gasteiger partial charge in [-0.25, -0.2) is 0 Å². The van der Waals surface area contributed by atoms with Crippen molar-refractivity contribution in [1.29, 1.82) is 0 Å². The summed E-state index contributed by atoms with van der Waals surface area (Å²) in [4.78, 5) is 18.3. The molecular weight excluding hydrogens is 255 g/mol. The zero-order valence-corrected chi connectivity index (χ0v) is 8.31. The summed E-state index contributed by atoms with van der Waals surface area (Å²) < 4.78 is 56.4. The van der Waals surface area contributed by atoms with Crippen molar-refractivity contribution in [1.82, 2.24) is 0 Å². The van der Waals surface area contributed by atoms with Gasteiger partial charge in [-0.2, -0.15) is 12.9 Å². The summed E-state index contributed by atoms with van der Waals surface area (Å²) in [5, 5.41) is 0. The van der Waals surface area contributed by atoms with E-state index in [1.807, 2.05) is 4.52 Å². The molecule has 2 atom stereocenters. The van der Waals surface area contributed by atoms with Gasteiger partial charge in [-0.1, -0.05) is 0 Å². The Morgan fingerprint density at radius 1 is 1.08 bits per heavy atom. The molecule has 5 nitrogen and oxygen atoms in total. The predicted octanol–water partition coefficient (Wildman–Crippen LogP) is 3.98. The van der Waals surface area contributed by atoms with Crippen molar-refractivity contribution in [3.63, 3.8) is 0 Å². The second kappa shape index (κ2) is 3.02. The SMILES string of the molecule is O=CP1(F)=NP(O)(F)=NP(F)(F)=N1.